The predicted octanol–water partition coefficient (Wildman–Crippen LogP) is 26.2. The molecule has 18 rings (SSSR count). The molecule has 0 fully saturated rings. The van der Waals surface area contributed by atoms with Gasteiger partial charge in [0.1, 0.15) is 0 Å². The molecule has 5 heterocycles. The van der Waals surface area contributed by atoms with Crippen molar-refractivity contribution in [1.29, 1.82) is 0 Å². The molecule has 0 aliphatic carbocycles. The third kappa shape index (κ3) is 11.2. The fourth-order valence-electron chi connectivity index (χ4n) is 17.6. The van der Waals surface area contributed by atoms with E-state index in [2.05, 4.69) is 415 Å². The Labute approximate surface area is 638 Å². The van der Waals surface area contributed by atoms with Crippen LogP contribution in [0.25, 0.3) is 105 Å². The van der Waals surface area contributed by atoms with Gasteiger partial charge in [-0.05, 0) is 202 Å². The summed E-state index contributed by atoms with van der Waals surface area (Å²) in [5.74, 6) is 0. The average molecular weight is 1400 g/mol. The van der Waals surface area contributed by atoms with Gasteiger partial charge in [-0.25, -0.2) is 0 Å². The second-order valence-electron chi connectivity index (χ2n) is 37.2. The molecule has 534 valence electrons. The van der Waals surface area contributed by atoms with Crippen LogP contribution in [0.1, 0.15) is 158 Å². The van der Waals surface area contributed by atoms with Gasteiger partial charge >= 0.3 is 0 Å². The van der Waals surface area contributed by atoms with Crippen molar-refractivity contribution in [3.05, 3.63) is 300 Å². The molecule has 6 heteroatoms. The maximum atomic E-state index is 2.72. The van der Waals surface area contributed by atoms with Crippen molar-refractivity contribution in [2.75, 3.05) is 9.80 Å². The Kier molecular flexibility index (Phi) is 15.4. The van der Waals surface area contributed by atoms with E-state index in [4.69, 9.17) is 0 Å². The Morgan fingerprint density at radius 3 is 0.981 bits per heavy atom. The van der Waals surface area contributed by atoms with Crippen molar-refractivity contribution in [2.45, 2.75) is 157 Å². The molecule has 0 N–H and O–H groups in total. The zero-order chi connectivity index (χ0) is 75.2. The van der Waals surface area contributed by atoms with E-state index in [1.54, 1.807) is 0 Å². The minimum Gasteiger partial charge on any atom is -0.311 e. The molecule has 13 aromatic carbocycles. The Bertz CT molecular complexity index is 6190. The predicted molar refractivity (Wildman–Crippen MR) is 467 cm³/mol. The van der Waals surface area contributed by atoms with E-state index < -0.39 is 0 Å². The lowest BCUT2D eigenvalue weighted by Crippen LogP contribution is -2.61. The van der Waals surface area contributed by atoms with Gasteiger partial charge in [0.2, 0.25) is 0 Å². The highest BCUT2D eigenvalue weighted by molar-refractivity contribution is 7.00. The number of hydrogen-bond acceptors (Lipinski definition) is 2. The number of benzene rings is 13. The second kappa shape index (κ2) is 24.2. The van der Waals surface area contributed by atoms with E-state index in [0.717, 1.165) is 50.8 Å². The summed E-state index contributed by atoms with van der Waals surface area (Å²) < 4.78 is 7.65. The van der Waals surface area contributed by atoms with Crippen molar-refractivity contribution in [3.63, 3.8) is 0 Å². The first-order valence-electron chi connectivity index (χ1n) is 39.0. The number of fused-ring (bicyclic) bond motifs is 14. The number of para-hydroxylation sites is 5. The molecule has 0 saturated heterocycles. The van der Waals surface area contributed by atoms with Crippen LogP contribution < -0.4 is 26.2 Å². The molecule has 108 heavy (non-hydrogen) atoms. The Morgan fingerprint density at radius 1 is 0.222 bits per heavy atom. The zero-order valence-corrected chi connectivity index (χ0v) is 66.2. The van der Waals surface area contributed by atoms with E-state index in [-0.39, 0.29) is 39.2 Å². The molecule has 2 aliphatic rings. The van der Waals surface area contributed by atoms with Crippen molar-refractivity contribution in [2.24, 2.45) is 0 Å². The van der Waals surface area contributed by atoms with Crippen LogP contribution in [-0.2, 0) is 32.5 Å². The minimum atomic E-state index is -0.239. The van der Waals surface area contributed by atoms with Gasteiger partial charge in [-0.15, -0.1) is 0 Å². The number of anilines is 6. The summed E-state index contributed by atoms with van der Waals surface area (Å²) >= 11 is 0. The summed E-state index contributed by atoms with van der Waals surface area (Å²) in [4.78, 5) is 5.37. The SMILES string of the molecule is CC(C)(C)c1cc(-c2cccc(N3c4cc(-n5c6ccccc6c6ccccc65)ccc4B4c5ccc6c(c5N(c5cccc(-c7cc(C(C)(C)C)cc(C(C)(C)C)c7)c5)c5cc(-n7c8ccccc8c8ccccc87)cc3c54)c3ccccc3n6-c3cc(C(C)(C)C)cc(C(C)(C)C)c3)c2)cc(C(C)(C)C)c1. The standard InChI is InChI=1S/C102H98BN5/c1-97(2,3)67-49-65(50-68(55-67)98(4,5)6)63-31-29-33-73(53-63)105-91-60-75(104-85-40-24-19-35-78(85)79-36-20-25-41-86(79)104)45-46-83(91)103-84-47-48-90-94(82-39-23-28-44-89(82)107(90)76-58-71(101(13,14)15)57-72(59-76)102(16,17)18)96(84)108(74-34-30-32-64(54-74)66-51-69(99(7,8)9)56-70(52-66)100(10,11)12)93-62-77(61-92(105)95(93)103)106-87-42-26-21-37-80(87)81-38-22-27-43-88(81)106/h19-62H,1-18H3. The maximum Gasteiger partial charge on any atom is 0.252 e. The third-order valence-electron chi connectivity index (χ3n) is 23.6. The fraction of sp³-hybridized carbons (Fsp3) is 0.235. The third-order valence-corrected chi connectivity index (χ3v) is 23.6. The molecule has 0 radical (unpaired) electrons. The topological polar surface area (TPSA) is 21.3 Å². The number of aromatic nitrogens is 3. The monoisotopic (exact) mass is 1400 g/mol. The molecule has 0 spiro atoms. The van der Waals surface area contributed by atoms with E-state index in [0.29, 0.717) is 0 Å². The summed E-state index contributed by atoms with van der Waals surface area (Å²) in [6.07, 6.45) is 0. The first-order valence-corrected chi connectivity index (χ1v) is 39.0. The van der Waals surface area contributed by atoms with Crippen LogP contribution in [0.5, 0.6) is 0 Å². The van der Waals surface area contributed by atoms with Crippen LogP contribution in [0.3, 0.4) is 0 Å². The van der Waals surface area contributed by atoms with E-state index in [1.807, 2.05) is 0 Å². The van der Waals surface area contributed by atoms with Crippen molar-refractivity contribution in [1.82, 2.24) is 13.7 Å². The van der Waals surface area contributed by atoms with Crippen molar-refractivity contribution < 1.29 is 0 Å². The highest BCUT2D eigenvalue weighted by Crippen LogP contribution is 2.52. The van der Waals surface area contributed by atoms with Crippen LogP contribution in [0, 0.1) is 0 Å². The normalized spacial score (nSPS) is 13.6. The zero-order valence-electron chi connectivity index (χ0n) is 66.2. The van der Waals surface area contributed by atoms with Gasteiger partial charge in [0.05, 0.1) is 44.5 Å². The summed E-state index contributed by atoms with van der Waals surface area (Å²) in [5, 5.41) is 7.34. The summed E-state index contributed by atoms with van der Waals surface area (Å²) in [7, 11) is 0. The number of rotatable bonds is 7. The highest BCUT2D eigenvalue weighted by Gasteiger charge is 2.46. The molecule has 0 bridgehead atoms. The van der Waals surface area contributed by atoms with Gasteiger partial charge in [0, 0.05) is 72.1 Å². The lowest BCUT2D eigenvalue weighted by atomic mass is 9.33. The average Bonchev–Trinajstić information content (AvgIpc) is 1.14. The maximum absolute atomic E-state index is 2.72. The minimum absolute atomic E-state index is 0.0783. The van der Waals surface area contributed by atoms with Gasteiger partial charge in [0.25, 0.3) is 6.71 Å². The highest BCUT2D eigenvalue weighted by atomic mass is 15.2. The molecule has 0 atom stereocenters. The summed E-state index contributed by atoms with van der Waals surface area (Å²) in [6.45, 7) is 42.1. The van der Waals surface area contributed by atoms with Crippen LogP contribution in [0.4, 0.5) is 34.1 Å². The smallest absolute Gasteiger partial charge is 0.252 e. The first-order chi connectivity index (χ1) is 51.3. The largest absolute Gasteiger partial charge is 0.311 e. The second-order valence-corrected chi connectivity index (χ2v) is 37.2. The molecule has 0 unspecified atom stereocenters. The van der Waals surface area contributed by atoms with Crippen molar-refractivity contribution >= 4 is 123 Å². The molecule has 0 saturated carbocycles. The van der Waals surface area contributed by atoms with Gasteiger partial charge in [-0.3, -0.25) is 0 Å². The van der Waals surface area contributed by atoms with Crippen LogP contribution in [0.15, 0.2) is 267 Å². The van der Waals surface area contributed by atoms with Gasteiger partial charge in [-0.1, -0.05) is 294 Å². The first kappa shape index (κ1) is 68.7. The Balaban J connectivity index is 1.01. The molecule has 5 nitrogen and oxygen atoms in total. The lowest BCUT2D eigenvalue weighted by molar-refractivity contribution is 0.567. The molecular weight excluding hydrogens is 1310 g/mol. The fourth-order valence-corrected chi connectivity index (χ4v) is 17.6. The van der Waals surface area contributed by atoms with E-state index in [1.165, 1.54) is 138 Å². The lowest BCUT2D eigenvalue weighted by Gasteiger charge is -2.45. The number of hydrogen-bond donors (Lipinski definition) is 0. The molecule has 2 aliphatic heterocycles. The van der Waals surface area contributed by atoms with Crippen molar-refractivity contribution in [3.8, 4) is 39.3 Å². The summed E-state index contributed by atoms with van der Waals surface area (Å²) in [6, 6.07) is 104. The Morgan fingerprint density at radius 2 is 0.556 bits per heavy atom. The molecule has 0 amide bonds. The van der Waals surface area contributed by atoms with Gasteiger partial charge in [-0.2, -0.15) is 0 Å². The molecule has 16 aromatic rings. The quantitative estimate of drug-likeness (QED) is 0.148. The van der Waals surface area contributed by atoms with E-state index in [9.17, 15) is 0 Å². The summed E-state index contributed by atoms with van der Waals surface area (Å²) in [5.41, 5.74) is 33.1. The van der Waals surface area contributed by atoms with Gasteiger partial charge < -0.3 is 23.5 Å². The van der Waals surface area contributed by atoms with Crippen LogP contribution >= 0.6 is 0 Å². The molecule has 3 aromatic heterocycles. The van der Waals surface area contributed by atoms with Crippen LogP contribution in [-0.4, -0.2) is 20.4 Å². The molecular formula is C102H98BN5. The van der Waals surface area contributed by atoms with E-state index >= 15 is 0 Å². The van der Waals surface area contributed by atoms with Crippen LogP contribution in [0.2, 0.25) is 0 Å². The van der Waals surface area contributed by atoms with Gasteiger partial charge in [0.15, 0.2) is 0 Å². The number of nitrogens with zero attached hydrogens (tertiary/aromatic N) is 5. The Hall–Kier alpha value is -11.1.